The lowest BCUT2D eigenvalue weighted by Gasteiger charge is -2.29. The first-order valence-electron chi connectivity index (χ1n) is 6.35. The molecule has 0 saturated carbocycles. The number of ether oxygens (including phenoxy) is 1. The molecule has 0 bridgehead atoms. The van der Waals surface area contributed by atoms with E-state index >= 15 is 0 Å². The maximum absolute atomic E-state index is 13.9. The van der Waals surface area contributed by atoms with E-state index in [9.17, 15) is 8.78 Å². The fourth-order valence-electron chi connectivity index (χ4n) is 2.43. The second-order valence-electron chi connectivity index (χ2n) is 4.76. The highest BCUT2D eigenvalue weighted by Gasteiger charge is 2.20. The fourth-order valence-corrected chi connectivity index (χ4v) is 2.70. The first-order chi connectivity index (χ1) is 9.58. The second-order valence-corrected chi connectivity index (χ2v) is 5.13. The smallest absolute Gasteiger partial charge is 0.137 e. The molecule has 0 spiro atoms. The molecule has 0 atom stereocenters. The third-order valence-corrected chi connectivity index (χ3v) is 3.93. The van der Waals surface area contributed by atoms with Gasteiger partial charge in [0.05, 0.1) is 29.1 Å². The molecule has 1 aromatic carbocycles. The van der Waals surface area contributed by atoms with Crippen molar-refractivity contribution in [1.29, 1.82) is 0 Å². The molecule has 1 fully saturated rings. The molecule has 1 saturated heterocycles. The molecule has 6 heteroatoms. The minimum absolute atomic E-state index is 0.169. The van der Waals surface area contributed by atoms with Gasteiger partial charge in [-0.15, -0.1) is 0 Å². The van der Waals surface area contributed by atoms with Gasteiger partial charge in [-0.3, -0.25) is 0 Å². The van der Waals surface area contributed by atoms with Crippen molar-refractivity contribution in [2.75, 3.05) is 31.2 Å². The predicted molar refractivity (Wildman–Crippen MR) is 74.4 cm³/mol. The van der Waals surface area contributed by atoms with Crippen LogP contribution >= 0.6 is 11.6 Å². The Balaban J connectivity index is 2.21. The van der Waals surface area contributed by atoms with Gasteiger partial charge in [0.25, 0.3) is 0 Å². The number of aromatic nitrogens is 1. The molecule has 20 heavy (non-hydrogen) atoms. The lowest BCUT2D eigenvalue weighted by atomic mass is 10.1. The monoisotopic (exact) mass is 298 g/mol. The zero-order valence-electron chi connectivity index (χ0n) is 10.9. The Morgan fingerprint density at radius 2 is 1.95 bits per heavy atom. The van der Waals surface area contributed by atoms with Crippen molar-refractivity contribution in [3.63, 3.8) is 0 Å². The van der Waals surface area contributed by atoms with E-state index in [4.69, 9.17) is 16.3 Å². The van der Waals surface area contributed by atoms with Gasteiger partial charge in [0, 0.05) is 30.8 Å². The van der Waals surface area contributed by atoms with E-state index in [0.717, 1.165) is 6.07 Å². The van der Waals surface area contributed by atoms with Crippen LogP contribution in [0.15, 0.2) is 12.1 Å². The van der Waals surface area contributed by atoms with Crippen LogP contribution in [-0.2, 0) is 4.74 Å². The zero-order valence-corrected chi connectivity index (χ0v) is 11.7. The average molecular weight is 299 g/mol. The van der Waals surface area contributed by atoms with Gasteiger partial charge in [0.1, 0.15) is 17.5 Å². The summed E-state index contributed by atoms with van der Waals surface area (Å²) < 4.78 is 32.5. The summed E-state index contributed by atoms with van der Waals surface area (Å²) in [4.78, 5) is 6.41. The predicted octanol–water partition coefficient (Wildman–Crippen LogP) is 3.31. The molecule has 106 valence electrons. The first kappa shape index (κ1) is 13.5. The number of hydrogen-bond donors (Lipinski definition) is 0. The number of pyridine rings is 1. The molecule has 3 rings (SSSR count). The summed E-state index contributed by atoms with van der Waals surface area (Å²) in [5, 5.41) is 0.455. The summed E-state index contributed by atoms with van der Waals surface area (Å²) in [5.74, 6) is -0.680. The zero-order chi connectivity index (χ0) is 14.3. The maximum Gasteiger partial charge on any atom is 0.137 e. The normalized spacial score (nSPS) is 15.9. The van der Waals surface area contributed by atoms with Crippen LogP contribution in [0.5, 0.6) is 0 Å². The van der Waals surface area contributed by atoms with Crippen molar-refractivity contribution in [3.05, 3.63) is 34.4 Å². The quantitative estimate of drug-likeness (QED) is 0.807. The molecule has 0 unspecified atom stereocenters. The summed E-state index contributed by atoms with van der Waals surface area (Å²) in [6.07, 6.45) is 0. The van der Waals surface area contributed by atoms with E-state index in [2.05, 4.69) is 4.98 Å². The second kappa shape index (κ2) is 5.14. The Morgan fingerprint density at radius 3 is 2.65 bits per heavy atom. The number of anilines is 1. The molecule has 1 aliphatic heterocycles. The number of hydrogen-bond acceptors (Lipinski definition) is 3. The van der Waals surface area contributed by atoms with Gasteiger partial charge in [-0.2, -0.15) is 0 Å². The first-order valence-corrected chi connectivity index (χ1v) is 6.73. The van der Waals surface area contributed by atoms with Crippen LogP contribution in [0.2, 0.25) is 5.02 Å². The van der Waals surface area contributed by atoms with Crippen molar-refractivity contribution in [2.24, 2.45) is 0 Å². The minimum atomic E-state index is -0.686. The molecule has 0 N–H and O–H groups in total. The van der Waals surface area contributed by atoms with Gasteiger partial charge < -0.3 is 9.64 Å². The number of morpholine rings is 1. The molecular weight excluding hydrogens is 286 g/mol. The van der Waals surface area contributed by atoms with Crippen LogP contribution in [0.4, 0.5) is 14.6 Å². The summed E-state index contributed by atoms with van der Waals surface area (Å²) >= 11 is 6.25. The van der Waals surface area contributed by atoms with Crippen molar-refractivity contribution in [3.8, 4) is 0 Å². The fraction of sp³-hybridized carbons (Fsp3) is 0.357. The van der Waals surface area contributed by atoms with Crippen LogP contribution in [0, 0.1) is 18.6 Å². The lowest BCUT2D eigenvalue weighted by molar-refractivity contribution is 0.122. The number of halogens is 3. The van der Waals surface area contributed by atoms with Gasteiger partial charge in [0.2, 0.25) is 0 Å². The SMILES string of the molecule is Cc1c(N2CCOCC2)nc2cc(F)cc(F)c2c1Cl. The van der Waals surface area contributed by atoms with Gasteiger partial charge in [-0.25, -0.2) is 13.8 Å². The van der Waals surface area contributed by atoms with E-state index in [-0.39, 0.29) is 15.9 Å². The lowest BCUT2D eigenvalue weighted by Crippen LogP contribution is -2.37. The van der Waals surface area contributed by atoms with Gasteiger partial charge in [0.15, 0.2) is 0 Å². The van der Waals surface area contributed by atoms with E-state index in [1.807, 2.05) is 4.90 Å². The summed E-state index contributed by atoms with van der Waals surface area (Å²) in [6, 6.07) is 2.03. The van der Waals surface area contributed by atoms with Crippen LogP contribution in [0.3, 0.4) is 0 Å². The minimum Gasteiger partial charge on any atom is -0.378 e. The van der Waals surface area contributed by atoms with Crippen LogP contribution in [0.25, 0.3) is 10.9 Å². The number of rotatable bonds is 1. The van der Waals surface area contributed by atoms with Crippen LogP contribution in [-0.4, -0.2) is 31.3 Å². The van der Waals surface area contributed by atoms with Crippen molar-refractivity contribution >= 4 is 28.3 Å². The summed E-state index contributed by atoms with van der Waals surface area (Å²) in [6.45, 7) is 4.38. The molecule has 0 aliphatic carbocycles. The van der Waals surface area contributed by atoms with E-state index in [0.29, 0.717) is 37.7 Å². The highest BCUT2D eigenvalue weighted by atomic mass is 35.5. The maximum atomic E-state index is 13.9. The van der Waals surface area contributed by atoms with Crippen molar-refractivity contribution in [2.45, 2.75) is 6.92 Å². The number of benzene rings is 1. The third-order valence-electron chi connectivity index (χ3n) is 3.46. The van der Waals surface area contributed by atoms with Crippen molar-refractivity contribution < 1.29 is 13.5 Å². The van der Waals surface area contributed by atoms with E-state index < -0.39 is 11.6 Å². The molecule has 2 aromatic rings. The molecule has 0 amide bonds. The Hall–Kier alpha value is -1.46. The molecule has 3 nitrogen and oxygen atoms in total. The molecule has 1 aromatic heterocycles. The number of fused-ring (bicyclic) bond motifs is 1. The van der Waals surface area contributed by atoms with Gasteiger partial charge in [-0.05, 0) is 6.92 Å². The summed E-state index contributed by atoms with van der Waals surface area (Å²) in [5.41, 5.74) is 0.936. The largest absolute Gasteiger partial charge is 0.378 e. The van der Waals surface area contributed by atoms with E-state index in [1.54, 1.807) is 6.92 Å². The molecule has 2 heterocycles. The highest BCUT2D eigenvalue weighted by molar-refractivity contribution is 6.36. The molecule has 1 aliphatic rings. The summed E-state index contributed by atoms with van der Waals surface area (Å²) in [7, 11) is 0. The van der Waals surface area contributed by atoms with Crippen molar-refractivity contribution in [1.82, 2.24) is 4.98 Å². The molecule has 0 radical (unpaired) electrons. The average Bonchev–Trinajstić information content (AvgIpc) is 2.43. The molecular formula is C14H13ClF2N2O. The van der Waals surface area contributed by atoms with E-state index in [1.165, 1.54) is 6.07 Å². The Bertz CT molecular complexity index is 672. The topological polar surface area (TPSA) is 25.4 Å². The van der Waals surface area contributed by atoms with Gasteiger partial charge >= 0.3 is 0 Å². The standard InChI is InChI=1S/C14H13ClF2N2O/c1-8-13(15)12-10(17)6-9(16)7-11(12)18-14(8)19-2-4-20-5-3-19/h6-7H,2-5H2,1H3. The Kier molecular flexibility index (Phi) is 3.48. The van der Waals surface area contributed by atoms with Crippen LogP contribution in [0.1, 0.15) is 5.56 Å². The van der Waals surface area contributed by atoms with Gasteiger partial charge in [-0.1, -0.05) is 11.6 Å². The number of nitrogens with zero attached hydrogens (tertiary/aromatic N) is 2. The third kappa shape index (κ3) is 2.21. The Labute approximate surface area is 120 Å². The van der Waals surface area contributed by atoms with Crippen LogP contribution < -0.4 is 4.90 Å². The Morgan fingerprint density at radius 1 is 1.25 bits per heavy atom. The highest BCUT2D eigenvalue weighted by Crippen LogP contribution is 2.34.